The summed E-state index contributed by atoms with van der Waals surface area (Å²) in [5.74, 6) is 0.805. The van der Waals surface area contributed by atoms with Gasteiger partial charge in [0.15, 0.2) is 0 Å². The maximum Gasteiger partial charge on any atom is 0.337 e. The van der Waals surface area contributed by atoms with Gasteiger partial charge in [0.05, 0.1) is 11.3 Å². The van der Waals surface area contributed by atoms with Crippen LogP contribution in [0.25, 0.3) is 0 Å². The van der Waals surface area contributed by atoms with Crippen LogP contribution in [-0.2, 0) is 0 Å². The molecule has 0 atom stereocenters. The van der Waals surface area contributed by atoms with Crippen LogP contribution in [0.3, 0.4) is 0 Å². The Morgan fingerprint density at radius 3 is 2.88 bits per heavy atom. The quantitative estimate of drug-likeness (QED) is 0.743. The molecular weight excluding hydrogens is 216 g/mol. The van der Waals surface area contributed by atoms with E-state index in [4.69, 9.17) is 5.11 Å². The molecule has 1 aromatic rings. The average molecular weight is 234 g/mol. The fraction of sp³-hybridized carbons (Fsp3) is 0.538. The van der Waals surface area contributed by atoms with Crippen LogP contribution in [0.1, 0.15) is 41.7 Å². The topological polar surface area (TPSA) is 62.2 Å². The Morgan fingerprint density at radius 1 is 1.53 bits per heavy atom. The highest BCUT2D eigenvalue weighted by Crippen LogP contribution is 2.33. The van der Waals surface area contributed by atoms with Crippen molar-refractivity contribution in [3.8, 4) is 0 Å². The van der Waals surface area contributed by atoms with Gasteiger partial charge in [0.25, 0.3) is 0 Å². The van der Waals surface area contributed by atoms with Crippen LogP contribution >= 0.6 is 0 Å². The van der Waals surface area contributed by atoms with E-state index in [0.717, 1.165) is 24.7 Å². The molecule has 0 aromatic carbocycles. The molecule has 1 fully saturated rings. The Kier molecular flexibility index (Phi) is 3.61. The van der Waals surface area contributed by atoms with Crippen LogP contribution in [-0.4, -0.2) is 22.6 Å². The standard InChI is InChI=1S/C13H18N2O2/c1-9-11(13(16)17)6-7-12(15-9)14-8-2-3-10-4-5-10/h6-7,10H,2-5,8H2,1H3,(H,14,15)(H,16,17). The first-order valence-corrected chi connectivity index (χ1v) is 6.11. The van der Waals surface area contributed by atoms with Crippen molar-refractivity contribution in [1.82, 2.24) is 4.98 Å². The summed E-state index contributed by atoms with van der Waals surface area (Å²) in [6.45, 7) is 2.63. The molecule has 92 valence electrons. The number of nitrogens with one attached hydrogen (secondary N) is 1. The van der Waals surface area contributed by atoms with Gasteiger partial charge in [-0.3, -0.25) is 0 Å². The highest BCUT2D eigenvalue weighted by molar-refractivity contribution is 5.89. The SMILES string of the molecule is Cc1nc(NCCCC2CC2)ccc1C(=O)O. The molecule has 1 aromatic heterocycles. The van der Waals surface area contributed by atoms with Crippen molar-refractivity contribution < 1.29 is 9.90 Å². The lowest BCUT2D eigenvalue weighted by molar-refractivity contribution is 0.0695. The lowest BCUT2D eigenvalue weighted by atomic mass is 10.2. The second-order valence-electron chi connectivity index (χ2n) is 4.65. The number of anilines is 1. The van der Waals surface area contributed by atoms with Crippen molar-refractivity contribution in [3.05, 3.63) is 23.4 Å². The molecule has 0 amide bonds. The zero-order valence-corrected chi connectivity index (χ0v) is 10.1. The number of hydrogen-bond donors (Lipinski definition) is 2. The molecule has 4 heteroatoms. The predicted octanol–water partition coefficient (Wildman–Crippen LogP) is 2.69. The summed E-state index contributed by atoms with van der Waals surface area (Å²) in [7, 11) is 0. The van der Waals surface area contributed by atoms with E-state index < -0.39 is 5.97 Å². The van der Waals surface area contributed by atoms with Crippen LogP contribution < -0.4 is 5.32 Å². The number of carboxylic acid groups (broad SMARTS) is 1. The van der Waals surface area contributed by atoms with Gasteiger partial charge >= 0.3 is 5.97 Å². The molecule has 1 aliphatic rings. The van der Waals surface area contributed by atoms with E-state index in [1.807, 2.05) is 0 Å². The summed E-state index contributed by atoms with van der Waals surface area (Å²) in [5, 5.41) is 12.1. The van der Waals surface area contributed by atoms with Crippen LogP contribution in [0, 0.1) is 12.8 Å². The van der Waals surface area contributed by atoms with Crippen molar-refractivity contribution in [1.29, 1.82) is 0 Å². The minimum atomic E-state index is -0.921. The Bertz CT molecular complexity index is 414. The van der Waals surface area contributed by atoms with Crippen molar-refractivity contribution in [3.63, 3.8) is 0 Å². The normalized spacial score (nSPS) is 14.6. The smallest absolute Gasteiger partial charge is 0.337 e. The maximum absolute atomic E-state index is 10.8. The summed E-state index contributed by atoms with van der Waals surface area (Å²) in [4.78, 5) is 15.0. The van der Waals surface area contributed by atoms with Crippen molar-refractivity contribution in [2.24, 2.45) is 5.92 Å². The molecule has 0 spiro atoms. The van der Waals surface area contributed by atoms with E-state index in [2.05, 4.69) is 10.3 Å². The third-order valence-corrected chi connectivity index (χ3v) is 3.11. The Balaban J connectivity index is 1.83. The van der Waals surface area contributed by atoms with Gasteiger partial charge in [-0.2, -0.15) is 0 Å². The van der Waals surface area contributed by atoms with Crippen LogP contribution in [0.4, 0.5) is 5.82 Å². The number of nitrogens with zero attached hydrogens (tertiary/aromatic N) is 1. The number of aryl methyl sites for hydroxylation is 1. The Hall–Kier alpha value is -1.58. The van der Waals surface area contributed by atoms with Gasteiger partial charge < -0.3 is 10.4 Å². The van der Waals surface area contributed by atoms with Gasteiger partial charge in [-0.1, -0.05) is 12.8 Å². The van der Waals surface area contributed by atoms with Gasteiger partial charge in [-0.05, 0) is 37.8 Å². The predicted molar refractivity (Wildman–Crippen MR) is 66.4 cm³/mol. The van der Waals surface area contributed by atoms with Crippen molar-refractivity contribution in [2.45, 2.75) is 32.6 Å². The molecule has 0 bridgehead atoms. The number of pyridine rings is 1. The van der Waals surface area contributed by atoms with Gasteiger partial charge in [-0.25, -0.2) is 9.78 Å². The minimum absolute atomic E-state index is 0.272. The number of hydrogen-bond acceptors (Lipinski definition) is 3. The number of rotatable bonds is 6. The summed E-state index contributed by atoms with van der Waals surface area (Å²) in [5.41, 5.74) is 0.832. The van der Waals surface area contributed by atoms with Crippen LogP contribution in [0.15, 0.2) is 12.1 Å². The second kappa shape index (κ2) is 5.17. The number of aromatic carboxylic acids is 1. The summed E-state index contributed by atoms with van der Waals surface area (Å²) >= 11 is 0. The first-order valence-electron chi connectivity index (χ1n) is 6.11. The molecule has 1 saturated carbocycles. The monoisotopic (exact) mass is 234 g/mol. The van der Waals surface area contributed by atoms with E-state index >= 15 is 0 Å². The average Bonchev–Trinajstić information content (AvgIpc) is 3.08. The van der Waals surface area contributed by atoms with Gasteiger partial charge in [0, 0.05) is 6.54 Å². The fourth-order valence-corrected chi connectivity index (χ4v) is 1.90. The Labute approximate surface area is 101 Å². The van der Waals surface area contributed by atoms with E-state index in [9.17, 15) is 4.79 Å². The van der Waals surface area contributed by atoms with E-state index in [-0.39, 0.29) is 5.56 Å². The van der Waals surface area contributed by atoms with Crippen LogP contribution in [0.2, 0.25) is 0 Å². The van der Waals surface area contributed by atoms with Gasteiger partial charge in [0.2, 0.25) is 0 Å². The van der Waals surface area contributed by atoms with Crippen molar-refractivity contribution >= 4 is 11.8 Å². The highest BCUT2D eigenvalue weighted by atomic mass is 16.4. The Morgan fingerprint density at radius 2 is 2.29 bits per heavy atom. The number of aromatic nitrogens is 1. The molecule has 0 saturated heterocycles. The third kappa shape index (κ3) is 3.44. The lowest BCUT2D eigenvalue weighted by Gasteiger charge is -2.07. The van der Waals surface area contributed by atoms with E-state index in [0.29, 0.717) is 5.69 Å². The molecule has 1 heterocycles. The van der Waals surface area contributed by atoms with E-state index in [1.54, 1.807) is 19.1 Å². The molecule has 1 aliphatic carbocycles. The molecule has 2 N–H and O–H groups in total. The van der Waals surface area contributed by atoms with Gasteiger partial charge in [0.1, 0.15) is 5.82 Å². The zero-order chi connectivity index (χ0) is 12.3. The maximum atomic E-state index is 10.8. The number of carboxylic acids is 1. The molecule has 0 unspecified atom stereocenters. The molecule has 0 radical (unpaired) electrons. The first-order chi connectivity index (χ1) is 8.16. The third-order valence-electron chi connectivity index (χ3n) is 3.11. The highest BCUT2D eigenvalue weighted by Gasteiger charge is 2.19. The molecular formula is C13H18N2O2. The minimum Gasteiger partial charge on any atom is -0.478 e. The summed E-state index contributed by atoms with van der Waals surface area (Å²) in [6, 6.07) is 3.33. The van der Waals surface area contributed by atoms with E-state index in [1.165, 1.54) is 19.3 Å². The summed E-state index contributed by atoms with van der Waals surface area (Å²) < 4.78 is 0. The summed E-state index contributed by atoms with van der Waals surface area (Å²) in [6.07, 6.45) is 5.24. The number of carbonyl (C=O) groups is 1. The molecule has 17 heavy (non-hydrogen) atoms. The van der Waals surface area contributed by atoms with Gasteiger partial charge in [-0.15, -0.1) is 0 Å². The first kappa shape index (κ1) is 11.9. The van der Waals surface area contributed by atoms with Crippen LogP contribution in [0.5, 0.6) is 0 Å². The zero-order valence-electron chi connectivity index (χ0n) is 10.1. The fourth-order valence-electron chi connectivity index (χ4n) is 1.90. The largest absolute Gasteiger partial charge is 0.478 e. The lowest BCUT2D eigenvalue weighted by Crippen LogP contribution is -2.07. The molecule has 4 nitrogen and oxygen atoms in total. The second-order valence-corrected chi connectivity index (χ2v) is 4.65. The van der Waals surface area contributed by atoms with Crippen molar-refractivity contribution in [2.75, 3.05) is 11.9 Å². The molecule has 0 aliphatic heterocycles. The molecule has 2 rings (SSSR count).